The second-order valence-electron chi connectivity index (χ2n) is 4.46. The Hall–Kier alpha value is -1.42. The first kappa shape index (κ1) is 12.0. The van der Waals surface area contributed by atoms with Crippen LogP contribution in [0.25, 0.3) is 0 Å². The van der Waals surface area contributed by atoms with Crippen LogP contribution in [0.5, 0.6) is 0 Å². The number of carbonyl (C=O) groups is 1. The standard InChI is InChI=1S/C13H18N2O2/c16-12-5-3-9-15(10-12)13(17)7-6-11-4-1-2-8-14-11/h1-2,4,8,12,16H,3,5-7,9-10H2/t12-/m0/s1. The van der Waals surface area contributed by atoms with E-state index in [1.165, 1.54) is 0 Å². The average Bonchev–Trinajstić information content (AvgIpc) is 2.37. The lowest BCUT2D eigenvalue weighted by Gasteiger charge is -2.30. The van der Waals surface area contributed by atoms with E-state index in [-0.39, 0.29) is 12.0 Å². The van der Waals surface area contributed by atoms with Crippen LogP contribution in [0.15, 0.2) is 24.4 Å². The van der Waals surface area contributed by atoms with Gasteiger partial charge in [0.05, 0.1) is 6.10 Å². The van der Waals surface area contributed by atoms with Gasteiger partial charge >= 0.3 is 0 Å². The van der Waals surface area contributed by atoms with Crippen LogP contribution in [0.2, 0.25) is 0 Å². The molecule has 17 heavy (non-hydrogen) atoms. The van der Waals surface area contributed by atoms with Gasteiger partial charge in [0.2, 0.25) is 5.91 Å². The number of aryl methyl sites for hydroxylation is 1. The number of rotatable bonds is 3. The normalized spacial score (nSPS) is 20.3. The van der Waals surface area contributed by atoms with Crippen molar-refractivity contribution in [1.82, 2.24) is 9.88 Å². The second kappa shape index (κ2) is 5.77. The van der Waals surface area contributed by atoms with Gasteiger partial charge in [0.1, 0.15) is 0 Å². The average molecular weight is 234 g/mol. The van der Waals surface area contributed by atoms with Gasteiger partial charge in [-0.25, -0.2) is 0 Å². The number of aliphatic hydroxyl groups is 1. The first-order chi connectivity index (χ1) is 8.25. The number of carbonyl (C=O) groups excluding carboxylic acids is 1. The molecule has 1 N–H and O–H groups in total. The smallest absolute Gasteiger partial charge is 0.223 e. The largest absolute Gasteiger partial charge is 0.391 e. The van der Waals surface area contributed by atoms with Crippen molar-refractivity contribution in [3.8, 4) is 0 Å². The maximum absolute atomic E-state index is 11.9. The fourth-order valence-corrected chi connectivity index (χ4v) is 2.12. The molecular formula is C13H18N2O2. The number of aromatic nitrogens is 1. The molecule has 0 aromatic carbocycles. The summed E-state index contributed by atoms with van der Waals surface area (Å²) in [5, 5.41) is 9.51. The van der Waals surface area contributed by atoms with Gasteiger partial charge < -0.3 is 10.0 Å². The number of hydrogen-bond donors (Lipinski definition) is 1. The minimum atomic E-state index is -0.345. The molecule has 0 bridgehead atoms. The molecule has 0 aliphatic carbocycles. The van der Waals surface area contributed by atoms with Crippen LogP contribution in [-0.2, 0) is 11.2 Å². The fourth-order valence-electron chi connectivity index (χ4n) is 2.12. The molecule has 0 radical (unpaired) electrons. The topological polar surface area (TPSA) is 53.4 Å². The van der Waals surface area contributed by atoms with Crippen molar-refractivity contribution in [2.75, 3.05) is 13.1 Å². The van der Waals surface area contributed by atoms with Crippen LogP contribution in [0.3, 0.4) is 0 Å². The van der Waals surface area contributed by atoms with Crippen LogP contribution in [0.4, 0.5) is 0 Å². The minimum absolute atomic E-state index is 0.120. The van der Waals surface area contributed by atoms with Crippen LogP contribution < -0.4 is 0 Å². The predicted octanol–water partition coefficient (Wildman–Crippen LogP) is 0.998. The van der Waals surface area contributed by atoms with Crippen LogP contribution in [0, 0.1) is 0 Å². The molecule has 1 aliphatic heterocycles. The number of nitrogens with zero attached hydrogens (tertiary/aromatic N) is 2. The Bertz CT molecular complexity index is 367. The van der Waals surface area contributed by atoms with Crippen molar-refractivity contribution in [3.63, 3.8) is 0 Å². The van der Waals surface area contributed by atoms with Crippen LogP contribution >= 0.6 is 0 Å². The zero-order valence-electron chi connectivity index (χ0n) is 9.88. The molecule has 1 fully saturated rings. The number of likely N-dealkylation sites (tertiary alicyclic amines) is 1. The molecule has 1 aliphatic rings. The number of β-amino-alcohol motifs (C(OH)–C–C–N with tert-alkyl or cyclic N) is 1. The number of aliphatic hydroxyl groups excluding tert-OH is 1. The quantitative estimate of drug-likeness (QED) is 0.848. The summed E-state index contributed by atoms with van der Waals surface area (Å²) >= 11 is 0. The van der Waals surface area contributed by atoms with Gasteiger partial charge in [-0.1, -0.05) is 6.07 Å². The Kier molecular flexibility index (Phi) is 4.09. The minimum Gasteiger partial charge on any atom is -0.391 e. The summed E-state index contributed by atoms with van der Waals surface area (Å²) in [4.78, 5) is 17.9. The molecule has 4 nitrogen and oxygen atoms in total. The van der Waals surface area contributed by atoms with E-state index < -0.39 is 0 Å². The van der Waals surface area contributed by atoms with Crippen molar-refractivity contribution in [2.45, 2.75) is 31.8 Å². The number of amides is 1. The summed E-state index contributed by atoms with van der Waals surface area (Å²) in [6.07, 6.45) is 4.25. The highest BCUT2D eigenvalue weighted by atomic mass is 16.3. The third-order valence-corrected chi connectivity index (χ3v) is 3.07. The Morgan fingerprint density at radius 2 is 2.41 bits per heavy atom. The molecule has 1 aromatic heterocycles. The fraction of sp³-hybridized carbons (Fsp3) is 0.538. The van der Waals surface area contributed by atoms with Gasteiger partial charge in [0, 0.05) is 31.4 Å². The molecule has 1 aromatic rings. The van der Waals surface area contributed by atoms with Gasteiger partial charge in [-0.3, -0.25) is 9.78 Å². The number of hydrogen-bond acceptors (Lipinski definition) is 3. The van der Waals surface area contributed by atoms with Crippen molar-refractivity contribution in [1.29, 1.82) is 0 Å². The summed E-state index contributed by atoms with van der Waals surface area (Å²) in [5.74, 6) is 0.120. The molecule has 1 atom stereocenters. The molecule has 4 heteroatoms. The summed E-state index contributed by atoms with van der Waals surface area (Å²) < 4.78 is 0. The Labute approximate surface area is 101 Å². The third-order valence-electron chi connectivity index (χ3n) is 3.07. The SMILES string of the molecule is O=C(CCc1ccccn1)N1CCC[C@H](O)C1. The Morgan fingerprint density at radius 1 is 1.53 bits per heavy atom. The van der Waals surface area contributed by atoms with Crippen molar-refractivity contribution in [2.24, 2.45) is 0 Å². The lowest BCUT2D eigenvalue weighted by atomic mass is 10.1. The first-order valence-corrected chi connectivity index (χ1v) is 6.11. The Morgan fingerprint density at radius 3 is 3.12 bits per heavy atom. The molecule has 0 unspecified atom stereocenters. The van der Waals surface area contributed by atoms with Gasteiger partial charge in [-0.2, -0.15) is 0 Å². The lowest BCUT2D eigenvalue weighted by Crippen LogP contribution is -2.42. The maximum Gasteiger partial charge on any atom is 0.223 e. The van der Waals surface area contributed by atoms with Crippen molar-refractivity contribution >= 4 is 5.91 Å². The van der Waals surface area contributed by atoms with E-state index >= 15 is 0 Å². The number of piperidine rings is 1. The highest BCUT2D eigenvalue weighted by Crippen LogP contribution is 2.11. The zero-order valence-corrected chi connectivity index (χ0v) is 9.88. The highest BCUT2D eigenvalue weighted by molar-refractivity contribution is 5.76. The lowest BCUT2D eigenvalue weighted by molar-refractivity contribution is -0.134. The predicted molar refractivity (Wildman–Crippen MR) is 64.4 cm³/mol. The number of pyridine rings is 1. The summed E-state index contributed by atoms with van der Waals surface area (Å²) in [6.45, 7) is 1.26. The third kappa shape index (κ3) is 3.53. The van der Waals surface area contributed by atoms with Gasteiger partial charge in [0.15, 0.2) is 0 Å². The zero-order chi connectivity index (χ0) is 12.1. The molecule has 1 saturated heterocycles. The van der Waals surface area contributed by atoms with E-state index in [1.54, 1.807) is 11.1 Å². The first-order valence-electron chi connectivity index (χ1n) is 6.11. The van der Waals surface area contributed by atoms with Gasteiger partial charge in [-0.05, 0) is 31.4 Å². The maximum atomic E-state index is 11.9. The molecule has 2 heterocycles. The summed E-state index contributed by atoms with van der Waals surface area (Å²) in [5.41, 5.74) is 0.943. The molecule has 0 saturated carbocycles. The summed E-state index contributed by atoms with van der Waals surface area (Å²) in [6, 6.07) is 5.72. The van der Waals surface area contributed by atoms with Gasteiger partial charge in [-0.15, -0.1) is 0 Å². The monoisotopic (exact) mass is 234 g/mol. The molecule has 2 rings (SSSR count). The molecule has 0 spiro atoms. The Balaban J connectivity index is 1.81. The molecular weight excluding hydrogens is 216 g/mol. The van der Waals surface area contributed by atoms with E-state index in [1.807, 2.05) is 18.2 Å². The van der Waals surface area contributed by atoms with E-state index in [9.17, 15) is 9.90 Å². The summed E-state index contributed by atoms with van der Waals surface area (Å²) in [7, 11) is 0. The molecule has 1 amide bonds. The molecule has 92 valence electrons. The van der Waals surface area contributed by atoms with E-state index in [0.29, 0.717) is 19.4 Å². The van der Waals surface area contributed by atoms with Gasteiger partial charge in [0.25, 0.3) is 0 Å². The van der Waals surface area contributed by atoms with E-state index in [4.69, 9.17) is 0 Å². The second-order valence-corrected chi connectivity index (χ2v) is 4.46. The van der Waals surface area contributed by atoms with Crippen molar-refractivity contribution in [3.05, 3.63) is 30.1 Å². The highest BCUT2D eigenvalue weighted by Gasteiger charge is 2.21. The van der Waals surface area contributed by atoms with Crippen LogP contribution in [0.1, 0.15) is 25.0 Å². The van der Waals surface area contributed by atoms with Crippen molar-refractivity contribution < 1.29 is 9.90 Å². The van der Waals surface area contributed by atoms with Crippen LogP contribution in [-0.4, -0.2) is 40.1 Å². The van der Waals surface area contributed by atoms with E-state index in [0.717, 1.165) is 25.1 Å². The van der Waals surface area contributed by atoms with E-state index in [2.05, 4.69) is 4.98 Å².